The van der Waals surface area contributed by atoms with Gasteiger partial charge in [0.15, 0.2) is 16.7 Å². The quantitative estimate of drug-likeness (QED) is 0.332. The number of piperidine rings is 1. The van der Waals surface area contributed by atoms with Crippen LogP contribution >= 0.6 is 11.8 Å². The van der Waals surface area contributed by atoms with Crippen LogP contribution in [0.4, 0.5) is 13.2 Å². The maximum Gasteiger partial charge on any atom is 0.420 e. The minimum Gasteiger partial charge on any atom is -0.493 e. The minimum atomic E-state index is -4.73. The molecule has 2 aliphatic heterocycles. The average molecular weight is 560 g/mol. The van der Waals surface area contributed by atoms with E-state index in [0.29, 0.717) is 35.1 Å². The molecule has 0 unspecified atom stereocenters. The fraction of sp³-hybridized carbons (Fsp3) is 0.333. The number of aliphatic imine (C=N–C) groups is 1. The van der Waals surface area contributed by atoms with E-state index >= 15 is 0 Å². The largest absolute Gasteiger partial charge is 0.493 e. The first-order valence-electron chi connectivity index (χ1n) is 11.9. The molecule has 0 N–H and O–H groups in total. The van der Waals surface area contributed by atoms with Crippen LogP contribution in [0.25, 0.3) is 6.08 Å². The topological polar surface area (TPSA) is 101 Å². The Balaban J connectivity index is 1.47. The number of esters is 1. The Bertz CT molecular complexity index is 1380. The van der Waals surface area contributed by atoms with Crippen LogP contribution in [-0.4, -0.2) is 49.3 Å². The standard InChI is InChI=1S/C27H24F3N3O5S/c1-36-22-12-17(3-6-21(22)38-20-5-4-18(15-31)11-19(20)27(28,29)30)13-23-25(35)32-26(39-23)33-9-7-16(8-10-33)14-24(34)37-2/h3-6,11-13,16H,7-10,14H2,1-2H3. The van der Waals surface area contributed by atoms with E-state index in [9.17, 15) is 22.8 Å². The number of halogens is 3. The molecule has 2 aliphatic rings. The lowest BCUT2D eigenvalue weighted by Gasteiger charge is -2.32. The number of benzene rings is 2. The van der Waals surface area contributed by atoms with E-state index in [0.717, 1.165) is 25.0 Å². The van der Waals surface area contributed by atoms with Gasteiger partial charge in [0, 0.05) is 19.5 Å². The fourth-order valence-electron chi connectivity index (χ4n) is 4.22. The third kappa shape index (κ3) is 6.72. The number of hydrogen-bond acceptors (Lipinski definition) is 8. The average Bonchev–Trinajstić information content (AvgIpc) is 3.29. The summed E-state index contributed by atoms with van der Waals surface area (Å²) in [5, 5.41) is 9.55. The lowest BCUT2D eigenvalue weighted by molar-refractivity contribution is -0.142. The van der Waals surface area contributed by atoms with Crippen molar-refractivity contribution in [1.29, 1.82) is 5.26 Å². The molecule has 0 spiro atoms. The zero-order valence-corrected chi connectivity index (χ0v) is 21.9. The Morgan fingerprint density at radius 1 is 1.15 bits per heavy atom. The zero-order valence-electron chi connectivity index (χ0n) is 21.1. The first-order chi connectivity index (χ1) is 18.6. The summed E-state index contributed by atoms with van der Waals surface area (Å²) in [5.41, 5.74) is -0.657. The summed E-state index contributed by atoms with van der Waals surface area (Å²) in [6.07, 6.45) is -1.15. The highest BCUT2D eigenvalue weighted by atomic mass is 32.2. The summed E-state index contributed by atoms with van der Waals surface area (Å²) in [7, 11) is 2.72. The molecule has 4 rings (SSSR count). The van der Waals surface area contributed by atoms with Gasteiger partial charge in [0.1, 0.15) is 5.75 Å². The number of ether oxygens (including phenoxy) is 3. The van der Waals surface area contributed by atoms with Crippen molar-refractivity contribution < 1.29 is 37.0 Å². The Morgan fingerprint density at radius 2 is 1.87 bits per heavy atom. The molecule has 0 aliphatic carbocycles. The number of nitrogens with zero attached hydrogens (tertiary/aromatic N) is 3. The molecule has 1 fully saturated rings. The van der Waals surface area contributed by atoms with E-state index in [1.54, 1.807) is 24.3 Å². The second-order valence-electron chi connectivity index (χ2n) is 8.85. The smallest absolute Gasteiger partial charge is 0.420 e. The molecule has 8 nitrogen and oxygen atoms in total. The molecule has 204 valence electrons. The summed E-state index contributed by atoms with van der Waals surface area (Å²) in [5.74, 6) is -0.667. The van der Waals surface area contributed by atoms with E-state index in [1.165, 1.54) is 38.1 Å². The van der Waals surface area contributed by atoms with Crippen LogP contribution in [0.3, 0.4) is 0 Å². The maximum absolute atomic E-state index is 13.5. The first-order valence-corrected chi connectivity index (χ1v) is 12.7. The van der Waals surface area contributed by atoms with Crippen molar-refractivity contribution >= 4 is 34.9 Å². The summed E-state index contributed by atoms with van der Waals surface area (Å²) in [6, 6.07) is 9.31. The third-order valence-corrected chi connectivity index (χ3v) is 7.34. The van der Waals surface area contributed by atoms with Gasteiger partial charge in [0.05, 0.1) is 36.3 Å². The zero-order chi connectivity index (χ0) is 28.2. The normalized spacial score (nSPS) is 17.1. The lowest BCUT2D eigenvalue weighted by atomic mass is 9.94. The van der Waals surface area contributed by atoms with E-state index in [-0.39, 0.29) is 28.9 Å². The predicted molar refractivity (Wildman–Crippen MR) is 138 cm³/mol. The van der Waals surface area contributed by atoms with Crippen molar-refractivity contribution in [3.8, 4) is 23.3 Å². The molecular weight excluding hydrogens is 535 g/mol. The molecule has 0 bridgehead atoms. The van der Waals surface area contributed by atoms with Gasteiger partial charge >= 0.3 is 12.1 Å². The van der Waals surface area contributed by atoms with Crippen LogP contribution in [0, 0.1) is 17.2 Å². The molecule has 2 aromatic carbocycles. The number of likely N-dealkylation sites (tertiary alicyclic amines) is 1. The second-order valence-corrected chi connectivity index (χ2v) is 9.86. The Hall–Kier alpha value is -3.98. The number of carbonyl (C=O) groups is 2. The van der Waals surface area contributed by atoms with Crippen molar-refractivity contribution in [2.75, 3.05) is 27.3 Å². The van der Waals surface area contributed by atoms with Gasteiger partial charge in [-0.2, -0.15) is 23.4 Å². The van der Waals surface area contributed by atoms with Crippen molar-refractivity contribution in [3.05, 3.63) is 58.0 Å². The van der Waals surface area contributed by atoms with E-state index in [4.69, 9.17) is 19.5 Å². The van der Waals surface area contributed by atoms with Gasteiger partial charge < -0.3 is 19.1 Å². The van der Waals surface area contributed by atoms with Gasteiger partial charge in [-0.3, -0.25) is 9.59 Å². The predicted octanol–water partition coefficient (Wildman–Crippen LogP) is 5.62. The number of alkyl halides is 3. The Morgan fingerprint density at radius 3 is 2.51 bits per heavy atom. The molecule has 0 saturated carbocycles. The molecule has 12 heteroatoms. The van der Waals surface area contributed by atoms with Crippen LogP contribution in [0.1, 0.15) is 36.0 Å². The number of amides is 1. The molecule has 39 heavy (non-hydrogen) atoms. The van der Waals surface area contributed by atoms with Crippen LogP contribution < -0.4 is 9.47 Å². The number of amidine groups is 1. The summed E-state index contributed by atoms with van der Waals surface area (Å²) in [4.78, 5) is 30.7. The van der Waals surface area contributed by atoms with Gasteiger partial charge in [0.2, 0.25) is 0 Å². The lowest BCUT2D eigenvalue weighted by Crippen LogP contribution is -2.37. The van der Waals surface area contributed by atoms with Crippen molar-refractivity contribution in [2.45, 2.75) is 25.4 Å². The number of carbonyl (C=O) groups excluding carboxylic acids is 2. The summed E-state index contributed by atoms with van der Waals surface area (Å²) in [6.45, 7) is 1.34. The molecule has 0 aromatic heterocycles. The van der Waals surface area contributed by atoms with Gasteiger partial charge in [-0.1, -0.05) is 6.07 Å². The molecule has 1 saturated heterocycles. The number of nitriles is 1. The molecular formula is C27H24F3N3O5S. The Kier molecular flexibility index (Phi) is 8.50. The molecule has 2 heterocycles. The van der Waals surface area contributed by atoms with E-state index in [1.807, 2.05) is 4.90 Å². The van der Waals surface area contributed by atoms with Crippen molar-refractivity contribution in [3.63, 3.8) is 0 Å². The number of methoxy groups -OCH3 is 2. The minimum absolute atomic E-state index is 0.0343. The number of hydrogen-bond donors (Lipinski definition) is 0. The maximum atomic E-state index is 13.5. The highest BCUT2D eigenvalue weighted by Crippen LogP contribution is 2.41. The van der Waals surface area contributed by atoms with Gasteiger partial charge in [-0.15, -0.1) is 0 Å². The SMILES string of the molecule is COC(=O)CC1CCN(C2=NC(=O)C(=Cc3ccc(Oc4ccc(C#N)cc4C(F)(F)F)c(OC)c3)S2)CC1. The van der Waals surface area contributed by atoms with Crippen molar-refractivity contribution in [2.24, 2.45) is 10.9 Å². The molecule has 1 amide bonds. The fourth-order valence-corrected chi connectivity index (χ4v) is 5.18. The van der Waals surface area contributed by atoms with E-state index < -0.39 is 23.4 Å². The second kappa shape index (κ2) is 11.8. The van der Waals surface area contributed by atoms with Crippen LogP contribution in [-0.2, 0) is 20.5 Å². The number of thioether (sulfide) groups is 1. The first kappa shape index (κ1) is 28.0. The summed E-state index contributed by atoms with van der Waals surface area (Å²) >= 11 is 1.24. The van der Waals surface area contributed by atoms with Crippen molar-refractivity contribution in [1.82, 2.24) is 4.90 Å². The van der Waals surface area contributed by atoms with Crippen LogP contribution in [0.15, 0.2) is 46.3 Å². The van der Waals surface area contributed by atoms with Crippen LogP contribution in [0.5, 0.6) is 17.2 Å². The third-order valence-electron chi connectivity index (χ3n) is 6.30. The van der Waals surface area contributed by atoms with Crippen LogP contribution in [0.2, 0.25) is 0 Å². The van der Waals surface area contributed by atoms with Gasteiger partial charge in [-0.05, 0) is 72.5 Å². The molecule has 0 radical (unpaired) electrons. The Labute approximate surface area is 227 Å². The highest BCUT2D eigenvalue weighted by molar-refractivity contribution is 8.18. The molecule has 2 aromatic rings. The molecule has 0 atom stereocenters. The van der Waals surface area contributed by atoms with Gasteiger partial charge in [0.25, 0.3) is 5.91 Å². The van der Waals surface area contributed by atoms with E-state index in [2.05, 4.69) is 4.99 Å². The summed E-state index contributed by atoms with van der Waals surface area (Å²) < 4.78 is 56.2. The highest BCUT2D eigenvalue weighted by Gasteiger charge is 2.35. The number of rotatable bonds is 6. The van der Waals surface area contributed by atoms with Gasteiger partial charge in [-0.25, -0.2) is 0 Å². The monoisotopic (exact) mass is 559 g/mol.